The first-order chi connectivity index (χ1) is 11.8. The summed E-state index contributed by atoms with van der Waals surface area (Å²) in [7, 11) is 6.19. The van der Waals surface area contributed by atoms with Crippen LogP contribution >= 0.6 is 8.25 Å². The zero-order chi connectivity index (χ0) is 16.8. The number of benzene rings is 3. The van der Waals surface area contributed by atoms with Gasteiger partial charge in [-0.1, -0.05) is 0 Å². The van der Waals surface area contributed by atoms with Crippen LogP contribution in [-0.2, 0) is 23.3 Å². The Labute approximate surface area is 159 Å². The first kappa shape index (κ1) is 17.2. The number of hydrogen-bond acceptors (Lipinski definition) is 0. The normalized spacial score (nSPS) is 11.0. The van der Waals surface area contributed by atoms with Crippen LogP contribution in [0.1, 0.15) is 22.3 Å². The molecule has 0 saturated heterocycles. The van der Waals surface area contributed by atoms with E-state index in [4.69, 9.17) is 8.25 Å². The van der Waals surface area contributed by atoms with E-state index >= 15 is 0 Å². The van der Waals surface area contributed by atoms with Crippen molar-refractivity contribution in [2.24, 2.45) is 0 Å². The van der Waals surface area contributed by atoms with Gasteiger partial charge in [0, 0.05) is 0 Å². The van der Waals surface area contributed by atoms with Crippen LogP contribution < -0.4 is 0 Å². The molecule has 0 fully saturated rings. The van der Waals surface area contributed by atoms with Gasteiger partial charge in [0.25, 0.3) is 0 Å². The van der Waals surface area contributed by atoms with E-state index in [1.165, 1.54) is 16.7 Å². The Morgan fingerprint density at radius 3 is 1.62 bits per heavy atom. The fraction of sp³-hybridized carbons (Fsp3) is 0. The molecule has 0 aliphatic rings. The van der Waals surface area contributed by atoms with Gasteiger partial charge in [-0.2, -0.15) is 0 Å². The number of hydrogen-bond donors (Lipinski definition) is 0. The third kappa shape index (κ3) is 4.06. The van der Waals surface area contributed by atoms with Crippen molar-refractivity contribution in [1.29, 1.82) is 0 Å². The molecule has 0 heterocycles. The molecule has 24 heavy (non-hydrogen) atoms. The van der Waals surface area contributed by atoms with Gasteiger partial charge in [0.1, 0.15) is 0 Å². The van der Waals surface area contributed by atoms with Crippen LogP contribution in [0.15, 0.2) is 95.1 Å². The van der Waals surface area contributed by atoms with E-state index in [9.17, 15) is 0 Å². The van der Waals surface area contributed by atoms with Crippen molar-refractivity contribution in [1.82, 2.24) is 0 Å². The van der Waals surface area contributed by atoms with Crippen LogP contribution in [0.25, 0.3) is 11.1 Å². The maximum absolute atomic E-state index is 6.19. The van der Waals surface area contributed by atoms with E-state index < -0.39 is 23.3 Å². The van der Waals surface area contributed by atoms with E-state index in [1.54, 1.807) is 0 Å². The molecule has 0 saturated carbocycles. The third-order valence-electron chi connectivity index (χ3n) is 4.03. The monoisotopic (exact) mass is 518 g/mol. The maximum atomic E-state index is 6.19. The molecular formula is C22H17ClHg. The molecule has 3 aromatic rings. The van der Waals surface area contributed by atoms with E-state index in [2.05, 4.69) is 70.8 Å². The predicted octanol–water partition coefficient (Wildman–Crippen LogP) is 6.37. The van der Waals surface area contributed by atoms with Crippen molar-refractivity contribution in [3.05, 3.63) is 117 Å². The molecule has 0 nitrogen and oxygen atoms in total. The second-order valence-electron chi connectivity index (χ2n) is 5.56. The van der Waals surface area contributed by atoms with Crippen molar-refractivity contribution in [3.63, 3.8) is 0 Å². The summed E-state index contributed by atoms with van der Waals surface area (Å²) in [6.45, 7) is 4.24. The molecule has 0 N–H and O–H groups in total. The molecule has 0 aliphatic carbocycles. The van der Waals surface area contributed by atoms with Gasteiger partial charge < -0.3 is 0 Å². The second kappa shape index (κ2) is 8.46. The van der Waals surface area contributed by atoms with E-state index in [-0.39, 0.29) is 0 Å². The van der Waals surface area contributed by atoms with Crippen molar-refractivity contribution in [2.45, 2.75) is 0 Å². The van der Waals surface area contributed by atoms with Crippen LogP contribution in [0.2, 0.25) is 0 Å². The average Bonchev–Trinajstić information content (AvgIpc) is 2.67. The molecule has 0 spiro atoms. The number of rotatable bonds is 5. The SMILES string of the molecule is C=C(c1ccccc1)c1ccc(/C(=[CH]/[Hg][Cl])c2ccccc2)cc1. The molecule has 0 aliphatic heterocycles. The standard InChI is InChI=1S/C22H17.ClH.Hg/c1-17(19-9-5-3-6-10-19)21-13-15-22(16-14-21)18(2)20-11-7-4-8-12-20;;/h1,3-16H,2H2;1H;/q;;+1/p-1. The summed E-state index contributed by atoms with van der Waals surface area (Å²) in [6.07, 6.45) is 0. The van der Waals surface area contributed by atoms with Gasteiger partial charge >= 0.3 is 160 Å². The average molecular weight is 517 g/mol. The Bertz CT molecular complexity index is 834. The van der Waals surface area contributed by atoms with Gasteiger partial charge in [0.05, 0.1) is 0 Å². The molecule has 3 aromatic carbocycles. The topological polar surface area (TPSA) is 0 Å². The Morgan fingerprint density at radius 2 is 1.08 bits per heavy atom. The molecule has 0 atom stereocenters. The fourth-order valence-corrected chi connectivity index (χ4v) is 6.54. The Hall–Kier alpha value is -1.63. The zero-order valence-electron chi connectivity index (χ0n) is 13.5. The van der Waals surface area contributed by atoms with Gasteiger partial charge in [0.2, 0.25) is 0 Å². The van der Waals surface area contributed by atoms with Crippen LogP contribution in [0, 0.1) is 0 Å². The summed E-state index contributed by atoms with van der Waals surface area (Å²) in [5.41, 5.74) is 7.04. The van der Waals surface area contributed by atoms with Gasteiger partial charge in [-0.05, 0) is 0 Å². The van der Waals surface area contributed by atoms with Crippen LogP contribution in [0.3, 0.4) is 0 Å². The van der Waals surface area contributed by atoms with Crippen molar-refractivity contribution < 1.29 is 23.3 Å². The summed E-state index contributed by atoms with van der Waals surface area (Å²) in [6, 6.07) is 29.4. The Balaban J connectivity index is 1.91. The van der Waals surface area contributed by atoms with Gasteiger partial charge in [-0.25, -0.2) is 0 Å². The first-order valence-electron chi connectivity index (χ1n) is 7.96. The van der Waals surface area contributed by atoms with Gasteiger partial charge in [-0.15, -0.1) is 0 Å². The van der Waals surface area contributed by atoms with Gasteiger partial charge in [-0.3, -0.25) is 0 Å². The van der Waals surface area contributed by atoms with E-state index in [0.717, 1.165) is 16.7 Å². The van der Waals surface area contributed by atoms with Crippen LogP contribution in [-0.4, -0.2) is 0 Å². The number of halogens is 1. The molecular weight excluding hydrogens is 500 g/mol. The summed E-state index contributed by atoms with van der Waals surface area (Å²) in [5.74, 6) is 0. The van der Waals surface area contributed by atoms with Gasteiger partial charge in [0.15, 0.2) is 0 Å². The molecule has 0 aromatic heterocycles. The minimum absolute atomic E-state index is 1.05. The fourth-order valence-electron chi connectivity index (χ4n) is 2.75. The summed E-state index contributed by atoms with van der Waals surface area (Å²) >= 11 is -1.41. The summed E-state index contributed by atoms with van der Waals surface area (Å²) in [4.78, 5) is 0. The van der Waals surface area contributed by atoms with E-state index in [0.29, 0.717) is 0 Å². The first-order valence-corrected chi connectivity index (χ1v) is 17.9. The third-order valence-corrected chi connectivity index (χ3v) is 7.57. The molecule has 0 bridgehead atoms. The molecule has 3 rings (SSSR count). The molecule has 0 radical (unpaired) electrons. The molecule has 0 amide bonds. The summed E-state index contributed by atoms with van der Waals surface area (Å²) < 4.78 is 2.28. The van der Waals surface area contributed by atoms with Crippen molar-refractivity contribution in [3.8, 4) is 0 Å². The molecule has 0 unspecified atom stereocenters. The zero-order valence-corrected chi connectivity index (χ0v) is 19.7. The minimum atomic E-state index is -1.41. The Morgan fingerprint density at radius 1 is 0.667 bits per heavy atom. The van der Waals surface area contributed by atoms with E-state index in [1.807, 2.05) is 24.3 Å². The molecule has 2 heteroatoms. The quantitative estimate of drug-likeness (QED) is 0.345. The second-order valence-corrected chi connectivity index (χ2v) is 11.1. The van der Waals surface area contributed by atoms with Crippen LogP contribution in [0.5, 0.6) is 0 Å². The predicted molar refractivity (Wildman–Crippen MR) is 100 cm³/mol. The summed E-state index contributed by atoms with van der Waals surface area (Å²) in [5, 5.41) is 0. The molecule has 114 valence electrons. The van der Waals surface area contributed by atoms with Crippen LogP contribution in [0.4, 0.5) is 0 Å². The Kier molecular flexibility index (Phi) is 6.06. The van der Waals surface area contributed by atoms with Crippen molar-refractivity contribution >= 4 is 19.4 Å². The van der Waals surface area contributed by atoms with Crippen molar-refractivity contribution in [2.75, 3.05) is 0 Å².